The smallest absolute Gasteiger partial charge is 0.245 e. The van der Waals surface area contributed by atoms with Gasteiger partial charge in [-0.15, -0.1) is 0 Å². The molecule has 0 fully saturated rings. The van der Waals surface area contributed by atoms with Crippen molar-refractivity contribution < 1.29 is 23.5 Å². The summed E-state index contributed by atoms with van der Waals surface area (Å²) in [4.78, 5) is 32.5. The highest BCUT2D eigenvalue weighted by Gasteiger charge is 2.10. The third-order valence-electron chi connectivity index (χ3n) is 5.58. The number of hydrogen-bond acceptors (Lipinski definition) is 7. The molecule has 39 heavy (non-hydrogen) atoms. The minimum absolute atomic E-state index is 0.0115. The molecular weight excluding hydrogens is 525 g/mol. The number of methoxy groups -OCH3 is 1. The summed E-state index contributed by atoms with van der Waals surface area (Å²) in [6, 6.07) is 16.7. The van der Waals surface area contributed by atoms with Gasteiger partial charge in [-0.25, -0.2) is 14.4 Å². The Morgan fingerprint density at radius 1 is 1.00 bits per heavy atom. The van der Waals surface area contributed by atoms with Gasteiger partial charge in [0.15, 0.2) is 0 Å². The number of halogens is 2. The number of nitrogens with one attached hydrogen (secondary N) is 3. The lowest BCUT2D eigenvalue weighted by Crippen LogP contribution is -2.28. The molecule has 4 rings (SSSR count). The molecule has 0 aliphatic heterocycles. The maximum Gasteiger partial charge on any atom is 0.245 e. The van der Waals surface area contributed by atoms with Crippen LogP contribution in [0.15, 0.2) is 67.0 Å². The third-order valence-corrected chi connectivity index (χ3v) is 5.87. The highest BCUT2D eigenvalue weighted by atomic mass is 35.5. The van der Waals surface area contributed by atoms with E-state index in [1.807, 2.05) is 0 Å². The van der Waals surface area contributed by atoms with Gasteiger partial charge in [-0.1, -0.05) is 23.7 Å². The summed E-state index contributed by atoms with van der Waals surface area (Å²) in [7, 11) is 1.45. The number of hydrogen-bond donors (Lipinski definition) is 3. The van der Waals surface area contributed by atoms with E-state index >= 15 is 0 Å². The van der Waals surface area contributed by atoms with Gasteiger partial charge in [0.1, 0.15) is 36.9 Å². The number of carbonyl (C=O) groups excluding carboxylic acids is 2. The Hall–Kier alpha value is -4.28. The second kappa shape index (κ2) is 13.5. The topological polar surface area (TPSA) is 114 Å². The minimum Gasteiger partial charge on any atom is -0.487 e. The molecule has 0 atom stereocenters. The summed E-state index contributed by atoms with van der Waals surface area (Å²) in [5, 5.41) is 9.86. The Labute approximate surface area is 229 Å². The van der Waals surface area contributed by atoms with Gasteiger partial charge in [0, 0.05) is 36.8 Å². The van der Waals surface area contributed by atoms with Gasteiger partial charge >= 0.3 is 0 Å². The summed E-state index contributed by atoms with van der Waals surface area (Å²) in [5.41, 5.74) is 2.64. The number of aromatic nitrogens is 2. The van der Waals surface area contributed by atoms with E-state index in [0.29, 0.717) is 57.4 Å². The molecule has 0 saturated heterocycles. The molecule has 0 aliphatic carbocycles. The largest absolute Gasteiger partial charge is 0.487 e. The van der Waals surface area contributed by atoms with Crippen molar-refractivity contribution >= 4 is 51.5 Å². The average Bonchev–Trinajstić information content (AvgIpc) is 2.91. The molecule has 202 valence electrons. The van der Waals surface area contributed by atoms with Crippen molar-refractivity contribution in [1.82, 2.24) is 15.3 Å². The Kier molecular flexibility index (Phi) is 9.60. The van der Waals surface area contributed by atoms with E-state index in [-0.39, 0.29) is 37.3 Å². The first-order chi connectivity index (χ1) is 18.9. The van der Waals surface area contributed by atoms with Crippen LogP contribution in [0.2, 0.25) is 5.02 Å². The van der Waals surface area contributed by atoms with E-state index in [1.165, 1.54) is 25.6 Å². The molecule has 0 saturated carbocycles. The Morgan fingerprint density at radius 2 is 1.85 bits per heavy atom. The molecule has 2 amide bonds. The van der Waals surface area contributed by atoms with Crippen molar-refractivity contribution in [2.45, 2.75) is 19.4 Å². The Balaban J connectivity index is 1.39. The molecule has 3 aromatic carbocycles. The molecule has 4 aromatic rings. The minimum atomic E-state index is -0.328. The van der Waals surface area contributed by atoms with E-state index < -0.39 is 0 Å². The fourth-order valence-electron chi connectivity index (χ4n) is 3.74. The summed E-state index contributed by atoms with van der Waals surface area (Å²) >= 11 is 6.43. The lowest BCUT2D eigenvalue weighted by molar-refractivity contribution is -0.125. The Bertz CT molecular complexity index is 1470. The van der Waals surface area contributed by atoms with Gasteiger partial charge in [0.2, 0.25) is 11.8 Å². The summed E-state index contributed by atoms with van der Waals surface area (Å²) in [5.74, 6) is 0.260. The molecule has 3 N–H and O–H groups in total. The van der Waals surface area contributed by atoms with Gasteiger partial charge in [-0.3, -0.25) is 9.59 Å². The molecule has 0 aliphatic rings. The standard InChI is InChI=1S/C28H27ClFN5O4/c1-38-16-27(37)31-11-3-6-26(36)34-20-7-9-24-22(13-20)28(33-17-32-24)35-21-8-10-25(23(29)14-21)39-15-18-4-2-5-19(30)12-18/h2,4-5,7-10,12-14,17H,3,6,11,15-16H2,1H3,(H,31,37)(H,34,36)(H,32,33,35). The summed E-state index contributed by atoms with van der Waals surface area (Å²) < 4.78 is 23.9. The van der Waals surface area contributed by atoms with Crippen molar-refractivity contribution in [3.8, 4) is 5.75 Å². The first-order valence-electron chi connectivity index (χ1n) is 12.2. The quantitative estimate of drug-likeness (QED) is 0.207. The van der Waals surface area contributed by atoms with Crippen LogP contribution in [0.25, 0.3) is 10.9 Å². The lowest BCUT2D eigenvalue weighted by Gasteiger charge is -2.13. The van der Waals surface area contributed by atoms with Crippen LogP contribution in [0.4, 0.5) is 21.6 Å². The van der Waals surface area contributed by atoms with E-state index in [0.717, 1.165) is 0 Å². The number of ether oxygens (including phenoxy) is 2. The van der Waals surface area contributed by atoms with Gasteiger partial charge in [-0.2, -0.15) is 0 Å². The number of fused-ring (bicyclic) bond motifs is 1. The highest BCUT2D eigenvalue weighted by molar-refractivity contribution is 6.32. The number of rotatable bonds is 12. The van der Waals surface area contributed by atoms with E-state index in [4.69, 9.17) is 21.1 Å². The van der Waals surface area contributed by atoms with Crippen LogP contribution in [0.3, 0.4) is 0 Å². The van der Waals surface area contributed by atoms with Crippen molar-refractivity contribution in [2.24, 2.45) is 0 Å². The molecule has 0 radical (unpaired) electrons. The van der Waals surface area contributed by atoms with E-state index in [9.17, 15) is 14.0 Å². The van der Waals surface area contributed by atoms with Gasteiger partial charge in [-0.05, 0) is 60.5 Å². The zero-order chi connectivity index (χ0) is 27.6. The number of nitrogens with zero attached hydrogens (tertiary/aromatic N) is 2. The molecule has 1 aromatic heterocycles. The van der Waals surface area contributed by atoms with Crippen molar-refractivity contribution in [3.05, 3.63) is 83.4 Å². The maximum absolute atomic E-state index is 13.4. The van der Waals surface area contributed by atoms with E-state index in [1.54, 1.807) is 48.5 Å². The number of carbonyl (C=O) groups is 2. The van der Waals surface area contributed by atoms with Crippen LogP contribution in [0.5, 0.6) is 5.75 Å². The SMILES string of the molecule is COCC(=O)NCCCC(=O)Nc1ccc2ncnc(Nc3ccc(OCc4cccc(F)c4)c(Cl)c3)c2c1. The maximum atomic E-state index is 13.4. The predicted molar refractivity (Wildman–Crippen MR) is 148 cm³/mol. The fraction of sp³-hybridized carbons (Fsp3) is 0.214. The lowest BCUT2D eigenvalue weighted by atomic mass is 10.2. The molecule has 1 heterocycles. The molecular formula is C28H27ClFN5O4. The van der Waals surface area contributed by atoms with Crippen molar-refractivity contribution in [2.75, 3.05) is 30.9 Å². The predicted octanol–water partition coefficient (Wildman–Crippen LogP) is 5.23. The average molecular weight is 552 g/mol. The van der Waals surface area contributed by atoms with Gasteiger partial charge in [0.25, 0.3) is 0 Å². The van der Waals surface area contributed by atoms with Crippen molar-refractivity contribution in [1.29, 1.82) is 0 Å². The summed E-state index contributed by atoms with van der Waals surface area (Å²) in [6.45, 7) is 0.548. The second-order valence-corrected chi connectivity index (χ2v) is 8.98. The molecule has 0 unspecified atom stereocenters. The fourth-order valence-corrected chi connectivity index (χ4v) is 3.97. The van der Waals surface area contributed by atoms with Crippen molar-refractivity contribution in [3.63, 3.8) is 0 Å². The molecule has 0 spiro atoms. The van der Waals surface area contributed by atoms with Crippen LogP contribution in [-0.4, -0.2) is 42.0 Å². The second-order valence-electron chi connectivity index (χ2n) is 8.58. The Morgan fingerprint density at radius 3 is 2.64 bits per heavy atom. The number of anilines is 3. The van der Waals surface area contributed by atoms with Gasteiger partial charge < -0.3 is 25.4 Å². The molecule has 9 nitrogen and oxygen atoms in total. The summed E-state index contributed by atoms with van der Waals surface area (Å²) in [6.07, 6.45) is 2.18. The zero-order valence-electron chi connectivity index (χ0n) is 21.2. The van der Waals surface area contributed by atoms with Crippen LogP contribution in [0, 0.1) is 5.82 Å². The number of benzene rings is 3. The zero-order valence-corrected chi connectivity index (χ0v) is 21.9. The molecule has 11 heteroatoms. The molecule has 0 bridgehead atoms. The first-order valence-corrected chi connectivity index (χ1v) is 12.5. The third kappa shape index (κ3) is 8.10. The van der Waals surface area contributed by atoms with Crippen LogP contribution in [-0.2, 0) is 20.9 Å². The first kappa shape index (κ1) is 27.7. The van der Waals surface area contributed by atoms with Crippen LogP contribution in [0.1, 0.15) is 18.4 Å². The monoisotopic (exact) mass is 551 g/mol. The van der Waals surface area contributed by atoms with Gasteiger partial charge in [0.05, 0.1) is 10.5 Å². The van der Waals surface area contributed by atoms with Crippen LogP contribution < -0.4 is 20.7 Å². The highest BCUT2D eigenvalue weighted by Crippen LogP contribution is 2.31. The van der Waals surface area contributed by atoms with Crippen LogP contribution >= 0.6 is 11.6 Å². The normalized spacial score (nSPS) is 10.7. The van der Waals surface area contributed by atoms with E-state index in [2.05, 4.69) is 25.9 Å². The number of amides is 2.